The van der Waals surface area contributed by atoms with Crippen LogP contribution in [-0.2, 0) is 14.6 Å². The fourth-order valence-corrected chi connectivity index (χ4v) is 5.49. The molecule has 4 heteroatoms. The fraction of sp³-hybridized carbons (Fsp3) is 0.700. The van der Waals surface area contributed by atoms with E-state index < -0.39 is 9.84 Å². The third kappa shape index (κ3) is 4.60. The Bertz CT molecular complexity index is 597. The van der Waals surface area contributed by atoms with Gasteiger partial charge in [-0.1, -0.05) is 58.7 Å². The van der Waals surface area contributed by atoms with E-state index in [-0.39, 0.29) is 29.8 Å². The van der Waals surface area contributed by atoms with Crippen LogP contribution in [-0.4, -0.2) is 26.4 Å². The summed E-state index contributed by atoms with van der Waals surface area (Å²) < 4.78 is 31.9. The van der Waals surface area contributed by atoms with Crippen molar-refractivity contribution in [3.63, 3.8) is 0 Å². The minimum atomic E-state index is -3.27. The Kier molecular flexibility index (Phi) is 6.88. The molecule has 3 nitrogen and oxygen atoms in total. The molecule has 24 heavy (non-hydrogen) atoms. The van der Waals surface area contributed by atoms with Gasteiger partial charge in [0.1, 0.15) is 0 Å². The highest BCUT2D eigenvalue weighted by atomic mass is 32.2. The summed E-state index contributed by atoms with van der Waals surface area (Å²) in [5, 5.41) is 0. The first-order valence-electron chi connectivity index (χ1n) is 9.32. The highest BCUT2D eigenvalue weighted by Gasteiger charge is 2.43. The molecule has 0 bridgehead atoms. The zero-order valence-corrected chi connectivity index (χ0v) is 16.3. The fourth-order valence-electron chi connectivity index (χ4n) is 3.70. The lowest BCUT2D eigenvalue weighted by Gasteiger charge is -2.21. The molecule has 0 amide bonds. The molecular formula is C20H32O3S. The van der Waals surface area contributed by atoms with Crippen molar-refractivity contribution in [2.75, 3.05) is 5.75 Å². The Morgan fingerprint density at radius 1 is 1.12 bits per heavy atom. The molecular weight excluding hydrogens is 320 g/mol. The summed E-state index contributed by atoms with van der Waals surface area (Å²) in [5.41, 5.74) is 0. The molecule has 1 aromatic rings. The van der Waals surface area contributed by atoms with Gasteiger partial charge >= 0.3 is 0 Å². The van der Waals surface area contributed by atoms with E-state index in [0.29, 0.717) is 10.8 Å². The third-order valence-corrected chi connectivity index (χ3v) is 7.32. The minimum absolute atomic E-state index is 0.0672. The number of ether oxygens (including phenoxy) is 1. The first-order valence-corrected chi connectivity index (χ1v) is 11.0. The minimum Gasteiger partial charge on any atom is -0.374 e. The van der Waals surface area contributed by atoms with Crippen molar-refractivity contribution >= 4 is 9.84 Å². The highest BCUT2D eigenvalue weighted by Crippen LogP contribution is 2.39. The number of rotatable bonds is 8. The van der Waals surface area contributed by atoms with Crippen LogP contribution in [0.15, 0.2) is 35.2 Å². The SMILES string of the molecule is CCC[C@@H]1O[C@H](C[C@H](C)CC)[C@H](C)[C@H]1CS(=O)(=O)c1ccccc1. The summed E-state index contributed by atoms with van der Waals surface area (Å²) in [6.07, 6.45) is 4.38. The van der Waals surface area contributed by atoms with Crippen LogP contribution in [0.3, 0.4) is 0 Å². The van der Waals surface area contributed by atoms with Crippen molar-refractivity contribution in [1.82, 2.24) is 0 Å². The molecule has 136 valence electrons. The van der Waals surface area contributed by atoms with E-state index >= 15 is 0 Å². The Morgan fingerprint density at radius 3 is 2.38 bits per heavy atom. The third-order valence-electron chi connectivity index (χ3n) is 5.51. The van der Waals surface area contributed by atoms with Crippen LogP contribution < -0.4 is 0 Å². The van der Waals surface area contributed by atoms with Gasteiger partial charge in [0, 0.05) is 5.92 Å². The standard InChI is InChI=1S/C20H32O3S/c1-5-10-19-18(16(4)20(23-19)13-15(3)6-2)14-24(21,22)17-11-8-7-9-12-17/h7-9,11-12,15-16,18-20H,5-6,10,13-14H2,1-4H3/t15-,16-,18-,19+,20-/m1/s1. The van der Waals surface area contributed by atoms with Crippen LogP contribution in [0.5, 0.6) is 0 Å². The molecule has 1 aromatic carbocycles. The van der Waals surface area contributed by atoms with Gasteiger partial charge in [0.05, 0.1) is 22.9 Å². The molecule has 0 saturated carbocycles. The van der Waals surface area contributed by atoms with Gasteiger partial charge in [0.25, 0.3) is 0 Å². The molecule has 1 heterocycles. The van der Waals surface area contributed by atoms with Crippen LogP contribution in [0.4, 0.5) is 0 Å². The zero-order valence-electron chi connectivity index (χ0n) is 15.4. The number of sulfone groups is 1. The largest absolute Gasteiger partial charge is 0.374 e. The molecule has 0 radical (unpaired) electrons. The van der Waals surface area contributed by atoms with Crippen molar-refractivity contribution in [3.8, 4) is 0 Å². The van der Waals surface area contributed by atoms with E-state index in [1.807, 2.05) is 6.07 Å². The number of hydrogen-bond donors (Lipinski definition) is 0. The van der Waals surface area contributed by atoms with Gasteiger partial charge < -0.3 is 4.74 Å². The van der Waals surface area contributed by atoms with Crippen LogP contribution in [0.25, 0.3) is 0 Å². The molecule has 0 unspecified atom stereocenters. The number of benzene rings is 1. The molecule has 2 rings (SSSR count). The van der Waals surface area contributed by atoms with E-state index in [1.165, 1.54) is 0 Å². The maximum Gasteiger partial charge on any atom is 0.178 e. The van der Waals surface area contributed by atoms with Gasteiger partial charge in [-0.05, 0) is 36.8 Å². The summed E-state index contributed by atoms with van der Waals surface area (Å²) in [6.45, 7) is 8.76. The van der Waals surface area contributed by atoms with Gasteiger partial charge in [0.15, 0.2) is 9.84 Å². The van der Waals surface area contributed by atoms with Crippen LogP contribution in [0.2, 0.25) is 0 Å². The molecule has 1 saturated heterocycles. The zero-order chi connectivity index (χ0) is 17.7. The van der Waals surface area contributed by atoms with Gasteiger partial charge in [-0.15, -0.1) is 0 Å². The van der Waals surface area contributed by atoms with Crippen LogP contribution >= 0.6 is 0 Å². The molecule has 5 atom stereocenters. The van der Waals surface area contributed by atoms with E-state index in [0.717, 1.165) is 25.7 Å². The average Bonchev–Trinajstić information content (AvgIpc) is 2.84. The second kappa shape index (κ2) is 8.48. The Hall–Kier alpha value is -0.870. The first-order chi connectivity index (χ1) is 11.4. The predicted molar refractivity (Wildman–Crippen MR) is 98.8 cm³/mol. The lowest BCUT2D eigenvalue weighted by atomic mass is 9.85. The summed E-state index contributed by atoms with van der Waals surface area (Å²) >= 11 is 0. The lowest BCUT2D eigenvalue weighted by Crippen LogP contribution is -2.28. The maximum absolute atomic E-state index is 12.8. The molecule has 0 N–H and O–H groups in total. The number of hydrogen-bond acceptors (Lipinski definition) is 3. The van der Waals surface area contributed by atoms with Crippen molar-refractivity contribution in [2.45, 2.75) is 70.5 Å². The Morgan fingerprint density at radius 2 is 1.79 bits per heavy atom. The van der Waals surface area contributed by atoms with Gasteiger partial charge in [-0.2, -0.15) is 0 Å². The second-order valence-corrected chi connectivity index (χ2v) is 9.40. The maximum atomic E-state index is 12.8. The van der Waals surface area contributed by atoms with Crippen LogP contribution in [0.1, 0.15) is 53.4 Å². The van der Waals surface area contributed by atoms with Gasteiger partial charge in [-0.25, -0.2) is 8.42 Å². The molecule has 0 spiro atoms. The molecule has 1 aliphatic heterocycles. The predicted octanol–water partition coefficient (Wildman–Crippen LogP) is 4.72. The highest BCUT2D eigenvalue weighted by molar-refractivity contribution is 7.91. The second-order valence-electron chi connectivity index (χ2n) is 7.37. The normalized spacial score (nSPS) is 28.8. The van der Waals surface area contributed by atoms with E-state index in [9.17, 15) is 8.42 Å². The molecule has 0 aromatic heterocycles. The van der Waals surface area contributed by atoms with E-state index in [1.54, 1.807) is 24.3 Å². The summed E-state index contributed by atoms with van der Waals surface area (Å²) in [4.78, 5) is 0.429. The summed E-state index contributed by atoms with van der Waals surface area (Å²) in [7, 11) is -3.27. The summed E-state index contributed by atoms with van der Waals surface area (Å²) in [6, 6.07) is 8.82. The smallest absolute Gasteiger partial charge is 0.178 e. The topological polar surface area (TPSA) is 43.4 Å². The molecule has 1 aliphatic rings. The van der Waals surface area contributed by atoms with Crippen molar-refractivity contribution < 1.29 is 13.2 Å². The summed E-state index contributed by atoms with van der Waals surface area (Å²) in [5.74, 6) is 1.18. The lowest BCUT2D eigenvalue weighted by molar-refractivity contribution is 0.0142. The quantitative estimate of drug-likeness (QED) is 0.680. The van der Waals surface area contributed by atoms with E-state index in [4.69, 9.17) is 4.74 Å². The van der Waals surface area contributed by atoms with Crippen molar-refractivity contribution in [3.05, 3.63) is 30.3 Å². The first kappa shape index (κ1) is 19.5. The Labute approximate surface area is 147 Å². The van der Waals surface area contributed by atoms with Crippen molar-refractivity contribution in [2.24, 2.45) is 17.8 Å². The Balaban J connectivity index is 2.16. The van der Waals surface area contributed by atoms with Crippen LogP contribution in [0, 0.1) is 17.8 Å². The van der Waals surface area contributed by atoms with Gasteiger partial charge in [-0.3, -0.25) is 0 Å². The van der Waals surface area contributed by atoms with E-state index in [2.05, 4.69) is 27.7 Å². The van der Waals surface area contributed by atoms with Crippen molar-refractivity contribution in [1.29, 1.82) is 0 Å². The van der Waals surface area contributed by atoms with Gasteiger partial charge in [0.2, 0.25) is 0 Å². The average molecular weight is 353 g/mol. The molecule has 1 fully saturated rings. The monoisotopic (exact) mass is 352 g/mol. The molecule has 0 aliphatic carbocycles.